The lowest BCUT2D eigenvalue weighted by molar-refractivity contribution is 1.64. The fourth-order valence-electron chi connectivity index (χ4n) is 6.10. The maximum absolute atomic E-state index is 13.8. The molecule has 0 saturated carbocycles. The van der Waals surface area contributed by atoms with Crippen LogP contribution in [0.25, 0.3) is 75.4 Å². The number of hydrogen-bond donors (Lipinski definition) is 0. The van der Waals surface area contributed by atoms with Gasteiger partial charge in [0, 0.05) is 60.1 Å². The van der Waals surface area contributed by atoms with Crippen LogP contribution in [0.1, 0.15) is 0 Å². The number of halogens is 5. The first-order chi connectivity index (χ1) is 17.8. The van der Waals surface area contributed by atoms with E-state index in [2.05, 4.69) is 85.7 Å². The Hall–Kier alpha value is -1.90. The van der Waals surface area contributed by atoms with Crippen LogP contribution in [0.5, 0.6) is 0 Å². The second kappa shape index (κ2) is 7.60. The van der Waals surface area contributed by atoms with E-state index in [9.17, 15) is 9.59 Å². The van der Waals surface area contributed by atoms with E-state index in [0.717, 1.165) is 76.2 Å². The minimum Gasteiger partial charge on any atom is -0.289 e. The molecule has 37 heavy (non-hydrogen) atoms. The van der Waals surface area contributed by atoms with Gasteiger partial charge in [-0.05, 0) is 160 Å². The van der Waals surface area contributed by atoms with Crippen LogP contribution < -0.4 is 10.9 Å². The standard InChI is InChI=1S/C30H9Br5O2/c31-19-6-14-15-5-10-1-2-13-26-23(10)25-11(3-4-12(24(15)25)29(36)17(14)8-21(19)33)28(35)27(26)16-7-20(32)22(34)9-18(16)30(13)37/h1-9H. The maximum Gasteiger partial charge on any atom is 0.194 e. The van der Waals surface area contributed by atoms with Crippen molar-refractivity contribution in [1.29, 1.82) is 0 Å². The van der Waals surface area contributed by atoms with E-state index < -0.39 is 0 Å². The number of hydrogen-bond acceptors (Lipinski definition) is 2. The van der Waals surface area contributed by atoms with Crippen molar-refractivity contribution < 1.29 is 0 Å². The lowest BCUT2D eigenvalue weighted by atomic mass is 9.84. The van der Waals surface area contributed by atoms with E-state index >= 15 is 0 Å². The number of benzene rings is 8. The molecule has 0 aliphatic heterocycles. The predicted molar refractivity (Wildman–Crippen MR) is 174 cm³/mol. The number of rotatable bonds is 0. The zero-order valence-corrected chi connectivity index (χ0v) is 26.3. The Labute approximate surface area is 250 Å². The molecule has 0 amide bonds. The van der Waals surface area contributed by atoms with Gasteiger partial charge in [-0.15, -0.1) is 0 Å². The summed E-state index contributed by atoms with van der Waals surface area (Å²) in [7, 11) is 0. The van der Waals surface area contributed by atoms with Gasteiger partial charge < -0.3 is 0 Å². The Morgan fingerprint density at radius 3 is 1.51 bits per heavy atom. The van der Waals surface area contributed by atoms with Crippen LogP contribution >= 0.6 is 79.6 Å². The molecule has 8 aromatic carbocycles. The molecule has 176 valence electrons. The largest absolute Gasteiger partial charge is 0.289 e. The summed E-state index contributed by atoms with van der Waals surface area (Å²) in [6.45, 7) is 0. The first-order valence-corrected chi connectivity index (χ1v) is 15.3. The van der Waals surface area contributed by atoms with E-state index in [1.807, 2.05) is 48.5 Å². The Morgan fingerprint density at radius 1 is 0.378 bits per heavy atom. The van der Waals surface area contributed by atoms with Gasteiger partial charge in [-0.1, -0.05) is 12.1 Å². The maximum atomic E-state index is 13.8. The summed E-state index contributed by atoms with van der Waals surface area (Å²) in [6, 6.07) is 18.0. The second-order valence-corrected chi connectivity index (χ2v) is 13.6. The van der Waals surface area contributed by atoms with Crippen molar-refractivity contribution in [2.24, 2.45) is 0 Å². The van der Waals surface area contributed by atoms with Crippen LogP contribution in [-0.2, 0) is 0 Å². The summed E-state index contributed by atoms with van der Waals surface area (Å²) in [5.74, 6) is 0. The third kappa shape index (κ3) is 2.80. The Kier molecular flexibility index (Phi) is 4.73. The fraction of sp³-hybridized carbons (Fsp3) is 0. The van der Waals surface area contributed by atoms with Gasteiger partial charge in [0.05, 0.1) is 0 Å². The van der Waals surface area contributed by atoms with Crippen molar-refractivity contribution in [3.05, 3.63) is 97.4 Å². The average molecular weight is 801 g/mol. The summed E-state index contributed by atoms with van der Waals surface area (Å²) >= 11 is 18.3. The van der Waals surface area contributed by atoms with Gasteiger partial charge in [-0.3, -0.25) is 9.59 Å². The van der Waals surface area contributed by atoms with E-state index in [1.165, 1.54) is 0 Å². The van der Waals surface area contributed by atoms with E-state index in [1.54, 1.807) is 0 Å². The highest BCUT2D eigenvalue weighted by Gasteiger charge is 2.24. The molecular formula is C30H9Br5O2. The minimum absolute atomic E-state index is 0.00304. The first kappa shape index (κ1) is 23.0. The molecule has 0 spiro atoms. The molecule has 0 heterocycles. The van der Waals surface area contributed by atoms with Gasteiger partial charge in [0.15, 0.2) is 10.9 Å². The van der Waals surface area contributed by atoms with E-state index in [4.69, 9.17) is 0 Å². The highest BCUT2D eigenvalue weighted by atomic mass is 79.9. The normalized spacial score (nSPS) is 12.7. The van der Waals surface area contributed by atoms with Crippen molar-refractivity contribution in [2.45, 2.75) is 0 Å². The lowest BCUT2D eigenvalue weighted by Gasteiger charge is -2.20. The van der Waals surface area contributed by atoms with Crippen molar-refractivity contribution in [2.75, 3.05) is 0 Å². The fourth-order valence-corrected chi connectivity index (χ4v) is 8.21. The Bertz CT molecular complexity index is 2450. The Morgan fingerprint density at radius 2 is 0.838 bits per heavy atom. The molecule has 0 bridgehead atoms. The van der Waals surface area contributed by atoms with Crippen LogP contribution in [-0.4, -0.2) is 0 Å². The molecule has 8 rings (SSSR count). The molecule has 0 aliphatic carbocycles. The molecule has 0 fully saturated rings. The van der Waals surface area contributed by atoms with E-state index in [0.29, 0.717) is 21.5 Å². The van der Waals surface area contributed by atoms with Crippen LogP contribution in [0.15, 0.2) is 86.5 Å². The monoisotopic (exact) mass is 796 g/mol. The summed E-state index contributed by atoms with van der Waals surface area (Å²) in [5.41, 5.74) is 0.00998. The van der Waals surface area contributed by atoms with Gasteiger partial charge in [0.25, 0.3) is 0 Å². The molecular weight excluding hydrogens is 792 g/mol. The third-order valence-corrected chi connectivity index (χ3v) is 12.1. The number of fused-ring (bicyclic) bond motifs is 4. The van der Waals surface area contributed by atoms with Gasteiger partial charge in [0.1, 0.15) is 0 Å². The van der Waals surface area contributed by atoms with Crippen molar-refractivity contribution in [3.8, 4) is 0 Å². The summed E-state index contributed by atoms with van der Waals surface area (Å²) < 4.78 is 4.39. The molecule has 0 aromatic heterocycles. The van der Waals surface area contributed by atoms with Crippen molar-refractivity contribution in [1.82, 2.24) is 0 Å². The summed E-state index contributed by atoms with van der Waals surface area (Å²) in [6.07, 6.45) is 0. The van der Waals surface area contributed by atoms with Gasteiger partial charge in [0.2, 0.25) is 0 Å². The van der Waals surface area contributed by atoms with Crippen LogP contribution in [0.2, 0.25) is 0 Å². The molecule has 0 saturated heterocycles. The summed E-state index contributed by atoms with van der Waals surface area (Å²) in [5, 5.41) is 12.5. The average Bonchev–Trinajstić information content (AvgIpc) is 2.88. The molecule has 0 aliphatic rings. The van der Waals surface area contributed by atoms with Crippen LogP contribution in [0.4, 0.5) is 0 Å². The highest BCUT2D eigenvalue weighted by Crippen LogP contribution is 2.49. The third-order valence-electron chi connectivity index (χ3n) is 7.63. The zero-order chi connectivity index (χ0) is 25.5. The molecule has 7 heteroatoms. The smallest absolute Gasteiger partial charge is 0.194 e. The first-order valence-electron chi connectivity index (χ1n) is 11.3. The Balaban J connectivity index is 1.77. The van der Waals surface area contributed by atoms with Gasteiger partial charge in [-0.25, -0.2) is 0 Å². The van der Waals surface area contributed by atoms with Crippen LogP contribution in [0.3, 0.4) is 0 Å². The quantitative estimate of drug-likeness (QED) is 0.113. The molecule has 8 aromatic rings. The van der Waals surface area contributed by atoms with E-state index in [-0.39, 0.29) is 10.9 Å². The van der Waals surface area contributed by atoms with Gasteiger partial charge in [-0.2, -0.15) is 0 Å². The molecule has 0 N–H and O–H groups in total. The molecule has 2 nitrogen and oxygen atoms in total. The molecule has 0 atom stereocenters. The van der Waals surface area contributed by atoms with Crippen molar-refractivity contribution in [3.63, 3.8) is 0 Å². The topological polar surface area (TPSA) is 34.1 Å². The SMILES string of the molecule is O=c1c2cc(Br)c(Br)cc2c2cc3ccc4c(=O)c5cc(Br)c(Br)cc5c5c(Br)c6ccc1c2c6c3c45. The minimum atomic E-state index is 0.00304. The van der Waals surface area contributed by atoms with Crippen LogP contribution in [0, 0.1) is 0 Å². The summed E-state index contributed by atoms with van der Waals surface area (Å²) in [4.78, 5) is 27.5. The predicted octanol–water partition coefficient (Wildman–Crippen LogP) is 10.6. The van der Waals surface area contributed by atoms with Crippen molar-refractivity contribution >= 4 is 155 Å². The second-order valence-electron chi connectivity index (χ2n) is 9.39. The molecule has 0 radical (unpaired) electrons. The van der Waals surface area contributed by atoms with Gasteiger partial charge >= 0.3 is 0 Å². The lowest BCUT2D eigenvalue weighted by Crippen LogP contribution is -2.07. The zero-order valence-electron chi connectivity index (χ0n) is 18.4. The highest BCUT2D eigenvalue weighted by molar-refractivity contribution is 9.13. The molecule has 0 unspecified atom stereocenters.